The van der Waals surface area contributed by atoms with E-state index in [1.807, 2.05) is 18.3 Å². The lowest BCUT2D eigenvalue weighted by Gasteiger charge is -2.26. The fourth-order valence-corrected chi connectivity index (χ4v) is 2.90. The van der Waals surface area contributed by atoms with E-state index in [-0.39, 0.29) is 16.7 Å². The number of nitrogens with zero attached hydrogens (tertiary/aromatic N) is 2. The number of aryl methyl sites for hydroxylation is 2. The first kappa shape index (κ1) is 13.5. The Morgan fingerprint density at radius 3 is 3.00 bits per heavy atom. The SMILES string of the molecule is Cc1cc(NC2CCCc3cccnc32)ccc1[N+](=O)[O-]. The zero-order valence-corrected chi connectivity index (χ0v) is 11.9. The number of pyridine rings is 1. The van der Waals surface area contributed by atoms with Crippen LogP contribution in [0.4, 0.5) is 11.4 Å². The summed E-state index contributed by atoms with van der Waals surface area (Å²) in [7, 11) is 0. The minimum atomic E-state index is -0.351. The molecule has 1 aromatic heterocycles. The van der Waals surface area contributed by atoms with Crippen molar-refractivity contribution in [1.82, 2.24) is 4.98 Å². The summed E-state index contributed by atoms with van der Waals surface area (Å²) in [6.07, 6.45) is 5.04. The van der Waals surface area contributed by atoms with Gasteiger partial charge in [-0.1, -0.05) is 6.07 Å². The number of rotatable bonds is 3. The molecule has 0 saturated carbocycles. The Bertz CT molecular complexity index is 685. The van der Waals surface area contributed by atoms with Gasteiger partial charge in [0.1, 0.15) is 0 Å². The third-order valence-electron chi connectivity index (χ3n) is 3.93. The Hall–Kier alpha value is -2.43. The lowest BCUT2D eigenvalue weighted by molar-refractivity contribution is -0.385. The van der Waals surface area contributed by atoms with E-state index < -0.39 is 0 Å². The van der Waals surface area contributed by atoms with Gasteiger partial charge in [-0.2, -0.15) is 0 Å². The average molecular weight is 283 g/mol. The van der Waals surface area contributed by atoms with Gasteiger partial charge in [-0.25, -0.2) is 0 Å². The predicted octanol–water partition coefficient (Wildman–Crippen LogP) is 3.79. The molecule has 0 radical (unpaired) electrons. The molecule has 0 amide bonds. The number of nitrogens with one attached hydrogen (secondary N) is 1. The van der Waals surface area contributed by atoms with Crippen LogP contribution in [0.1, 0.15) is 35.7 Å². The lowest BCUT2D eigenvalue weighted by atomic mass is 9.91. The van der Waals surface area contributed by atoms with E-state index >= 15 is 0 Å². The summed E-state index contributed by atoms with van der Waals surface area (Å²) in [5, 5.41) is 14.3. The van der Waals surface area contributed by atoms with E-state index in [0.29, 0.717) is 5.56 Å². The summed E-state index contributed by atoms with van der Waals surface area (Å²) in [5.74, 6) is 0. The molecule has 1 atom stereocenters. The maximum atomic E-state index is 10.9. The second kappa shape index (κ2) is 5.52. The van der Waals surface area contributed by atoms with Crippen LogP contribution < -0.4 is 5.32 Å². The number of nitro benzene ring substituents is 1. The van der Waals surface area contributed by atoms with Gasteiger partial charge in [0, 0.05) is 23.5 Å². The fraction of sp³-hybridized carbons (Fsp3) is 0.312. The van der Waals surface area contributed by atoms with Crippen molar-refractivity contribution in [3.05, 3.63) is 63.5 Å². The monoisotopic (exact) mass is 283 g/mol. The fourth-order valence-electron chi connectivity index (χ4n) is 2.90. The van der Waals surface area contributed by atoms with Crippen LogP contribution in [-0.2, 0) is 6.42 Å². The molecule has 1 aromatic carbocycles. The first-order valence-corrected chi connectivity index (χ1v) is 7.10. The van der Waals surface area contributed by atoms with Gasteiger partial charge >= 0.3 is 0 Å². The van der Waals surface area contributed by atoms with Gasteiger partial charge < -0.3 is 5.32 Å². The van der Waals surface area contributed by atoms with E-state index in [2.05, 4.69) is 16.4 Å². The van der Waals surface area contributed by atoms with Crippen LogP contribution in [0.5, 0.6) is 0 Å². The zero-order valence-electron chi connectivity index (χ0n) is 11.9. The van der Waals surface area contributed by atoms with Crippen molar-refractivity contribution in [2.75, 3.05) is 5.32 Å². The van der Waals surface area contributed by atoms with Crippen LogP contribution in [0.25, 0.3) is 0 Å². The Kier molecular flexibility index (Phi) is 3.56. The Labute approximate surface area is 123 Å². The smallest absolute Gasteiger partial charge is 0.272 e. The Morgan fingerprint density at radius 1 is 1.38 bits per heavy atom. The molecule has 0 saturated heterocycles. The van der Waals surface area contributed by atoms with E-state index in [1.165, 1.54) is 5.56 Å². The summed E-state index contributed by atoms with van der Waals surface area (Å²) in [6.45, 7) is 1.76. The molecule has 3 rings (SSSR count). The summed E-state index contributed by atoms with van der Waals surface area (Å²) in [6, 6.07) is 9.42. The number of anilines is 1. The molecule has 0 aliphatic heterocycles. The molecule has 0 bridgehead atoms. The Morgan fingerprint density at radius 2 is 2.24 bits per heavy atom. The van der Waals surface area contributed by atoms with Crippen LogP contribution >= 0.6 is 0 Å². The van der Waals surface area contributed by atoms with Gasteiger partial charge in [-0.15, -0.1) is 0 Å². The number of hydrogen-bond donors (Lipinski definition) is 1. The minimum Gasteiger partial charge on any atom is -0.377 e. The molecular formula is C16H17N3O2. The van der Waals surface area contributed by atoms with Gasteiger partial charge in [0.25, 0.3) is 5.69 Å². The van der Waals surface area contributed by atoms with Crippen molar-refractivity contribution < 1.29 is 4.92 Å². The zero-order chi connectivity index (χ0) is 14.8. The topological polar surface area (TPSA) is 68.1 Å². The van der Waals surface area contributed by atoms with Crippen LogP contribution in [0, 0.1) is 17.0 Å². The normalized spacial score (nSPS) is 17.1. The van der Waals surface area contributed by atoms with Crippen molar-refractivity contribution in [2.24, 2.45) is 0 Å². The third-order valence-corrected chi connectivity index (χ3v) is 3.93. The molecule has 1 unspecified atom stereocenters. The molecule has 108 valence electrons. The first-order chi connectivity index (χ1) is 10.1. The van der Waals surface area contributed by atoms with E-state index in [0.717, 1.165) is 30.6 Å². The molecule has 21 heavy (non-hydrogen) atoms. The highest BCUT2D eigenvalue weighted by Crippen LogP contribution is 2.32. The Balaban J connectivity index is 1.85. The second-order valence-electron chi connectivity index (χ2n) is 5.40. The molecule has 5 nitrogen and oxygen atoms in total. The van der Waals surface area contributed by atoms with Gasteiger partial charge in [0.2, 0.25) is 0 Å². The van der Waals surface area contributed by atoms with E-state index in [9.17, 15) is 10.1 Å². The third kappa shape index (κ3) is 2.72. The number of hydrogen-bond acceptors (Lipinski definition) is 4. The highest BCUT2D eigenvalue weighted by atomic mass is 16.6. The minimum absolute atomic E-state index is 0.155. The van der Waals surface area contributed by atoms with Gasteiger partial charge in [0.05, 0.1) is 16.7 Å². The van der Waals surface area contributed by atoms with Crippen LogP contribution in [0.3, 0.4) is 0 Å². The highest BCUT2D eigenvalue weighted by Gasteiger charge is 2.21. The highest BCUT2D eigenvalue weighted by molar-refractivity contribution is 5.54. The number of nitro groups is 1. The molecule has 0 fully saturated rings. The lowest BCUT2D eigenvalue weighted by Crippen LogP contribution is -2.18. The van der Waals surface area contributed by atoms with Crippen molar-refractivity contribution in [2.45, 2.75) is 32.2 Å². The molecular weight excluding hydrogens is 266 g/mol. The van der Waals surface area contributed by atoms with Gasteiger partial charge in [0.15, 0.2) is 0 Å². The second-order valence-corrected chi connectivity index (χ2v) is 5.40. The number of fused-ring (bicyclic) bond motifs is 1. The summed E-state index contributed by atoms with van der Waals surface area (Å²) >= 11 is 0. The number of benzene rings is 1. The van der Waals surface area contributed by atoms with Crippen molar-refractivity contribution in [3.8, 4) is 0 Å². The van der Waals surface area contributed by atoms with E-state index in [4.69, 9.17) is 0 Å². The summed E-state index contributed by atoms with van der Waals surface area (Å²) < 4.78 is 0. The largest absolute Gasteiger partial charge is 0.377 e. The molecule has 2 aromatic rings. The van der Waals surface area contributed by atoms with Crippen molar-refractivity contribution >= 4 is 11.4 Å². The predicted molar refractivity (Wildman–Crippen MR) is 81.4 cm³/mol. The van der Waals surface area contributed by atoms with Crippen LogP contribution in [-0.4, -0.2) is 9.91 Å². The molecule has 1 N–H and O–H groups in total. The summed E-state index contributed by atoms with van der Waals surface area (Å²) in [5.41, 5.74) is 4.12. The molecule has 5 heteroatoms. The van der Waals surface area contributed by atoms with Gasteiger partial charge in [-0.3, -0.25) is 15.1 Å². The maximum absolute atomic E-state index is 10.9. The molecule has 1 aliphatic rings. The number of aromatic nitrogens is 1. The van der Waals surface area contributed by atoms with Gasteiger partial charge in [-0.05, 0) is 49.9 Å². The van der Waals surface area contributed by atoms with Crippen LogP contribution in [0.15, 0.2) is 36.5 Å². The van der Waals surface area contributed by atoms with Crippen molar-refractivity contribution in [1.29, 1.82) is 0 Å². The standard InChI is InChI=1S/C16H17N3O2/c1-11-10-13(7-8-15(11)19(20)21)18-14-6-2-4-12-5-3-9-17-16(12)14/h3,5,7-10,14,18H,2,4,6H2,1H3. The molecule has 1 heterocycles. The first-order valence-electron chi connectivity index (χ1n) is 7.10. The summed E-state index contributed by atoms with van der Waals surface area (Å²) in [4.78, 5) is 15.0. The molecule has 0 spiro atoms. The maximum Gasteiger partial charge on any atom is 0.272 e. The van der Waals surface area contributed by atoms with E-state index in [1.54, 1.807) is 19.1 Å². The quantitative estimate of drug-likeness (QED) is 0.687. The van der Waals surface area contributed by atoms with Crippen molar-refractivity contribution in [3.63, 3.8) is 0 Å². The van der Waals surface area contributed by atoms with Crippen LogP contribution in [0.2, 0.25) is 0 Å². The molecule has 1 aliphatic carbocycles. The average Bonchev–Trinajstić information content (AvgIpc) is 2.47.